The fourth-order valence-corrected chi connectivity index (χ4v) is 2.81. The zero-order valence-corrected chi connectivity index (χ0v) is 15.1. The molecule has 0 unspecified atom stereocenters. The number of fused-ring (bicyclic) bond motifs is 1. The van der Waals surface area contributed by atoms with Gasteiger partial charge in [-0.2, -0.15) is 0 Å². The van der Waals surface area contributed by atoms with Crippen LogP contribution in [0.15, 0.2) is 59.1 Å². The molecule has 27 heavy (non-hydrogen) atoms. The Hall–Kier alpha value is -3.54. The van der Waals surface area contributed by atoms with Crippen molar-refractivity contribution in [2.24, 2.45) is 0 Å². The molecule has 1 N–H and O–H groups in total. The topological polar surface area (TPSA) is 80.9 Å². The number of rotatable bonds is 4. The number of amides is 1. The molecule has 6 heteroatoms. The number of hydrogen-bond donors (Lipinski definition) is 1. The summed E-state index contributed by atoms with van der Waals surface area (Å²) in [7, 11) is 0. The van der Waals surface area contributed by atoms with Crippen molar-refractivity contribution in [3.63, 3.8) is 0 Å². The van der Waals surface area contributed by atoms with Gasteiger partial charge in [-0.3, -0.25) is 9.78 Å². The van der Waals surface area contributed by atoms with E-state index in [1.165, 1.54) is 5.56 Å². The van der Waals surface area contributed by atoms with E-state index < -0.39 is 0 Å². The molecule has 2 aromatic heterocycles. The number of nitrogens with one attached hydrogen (secondary N) is 1. The van der Waals surface area contributed by atoms with Gasteiger partial charge in [-0.05, 0) is 61.4 Å². The Balaban J connectivity index is 1.48. The van der Waals surface area contributed by atoms with Gasteiger partial charge in [0, 0.05) is 22.8 Å². The van der Waals surface area contributed by atoms with Crippen molar-refractivity contribution < 1.29 is 9.21 Å². The molecule has 4 rings (SSSR count). The molecule has 4 aromatic rings. The maximum atomic E-state index is 12.3. The van der Waals surface area contributed by atoms with Gasteiger partial charge in [-0.25, -0.2) is 0 Å². The normalized spacial score (nSPS) is 10.9. The second-order valence-corrected chi connectivity index (χ2v) is 6.44. The van der Waals surface area contributed by atoms with Crippen molar-refractivity contribution in [2.75, 3.05) is 5.32 Å². The maximum Gasteiger partial charge on any atom is 0.247 e. The Bertz CT molecular complexity index is 1130. The summed E-state index contributed by atoms with van der Waals surface area (Å²) >= 11 is 0. The zero-order valence-electron chi connectivity index (χ0n) is 15.1. The van der Waals surface area contributed by atoms with Crippen LogP contribution in [-0.4, -0.2) is 21.1 Å². The minimum atomic E-state index is -0.198. The number of pyridine rings is 1. The zero-order chi connectivity index (χ0) is 18.8. The van der Waals surface area contributed by atoms with Gasteiger partial charge in [0.1, 0.15) is 6.42 Å². The predicted molar refractivity (Wildman–Crippen MR) is 103 cm³/mol. The van der Waals surface area contributed by atoms with Crippen LogP contribution in [0.5, 0.6) is 0 Å². The molecule has 134 valence electrons. The van der Waals surface area contributed by atoms with Gasteiger partial charge in [0.25, 0.3) is 0 Å². The lowest BCUT2D eigenvalue weighted by Crippen LogP contribution is -2.14. The van der Waals surface area contributed by atoms with Crippen LogP contribution in [-0.2, 0) is 11.2 Å². The maximum absolute atomic E-state index is 12.3. The van der Waals surface area contributed by atoms with Gasteiger partial charge in [0.2, 0.25) is 17.7 Å². The van der Waals surface area contributed by atoms with Gasteiger partial charge in [-0.1, -0.05) is 12.1 Å². The number of nitrogens with zero attached hydrogens (tertiary/aromatic N) is 3. The Kier molecular flexibility index (Phi) is 4.38. The Morgan fingerprint density at radius 1 is 1.04 bits per heavy atom. The van der Waals surface area contributed by atoms with Crippen molar-refractivity contribution in [1.82, 2.24) is 15.2 Å². The number of aryl methyl sites for hydroxylation is 2. The molecule has 2 heterocycles. The lowest BCUT2D eigenvalue weighted by Gasteiger charge is -2.06. The van der Waals surface area contributed by atoms with Crippen molar-refractivity contribution in [1.29, 1.82) is 0 Å². The standard InChI is InChI=1S/C21H18N4O2/c1-13-5-7-17(10-14(13)2)23-19(26)12-20-24-25-21(27-20)16-6-8-18-15(11-16)4-3-9-22-18/h3-11H,12H2,1-2H3,(H,23,26). The summed E-state index contributed by atoms with van der Waals surface area (Å²) in [5.74, 6) is 0.462. The Morgan fingerprint density at radius 2 is 1.93 bits per heavy atom. The monoisotopic (exact) mass is 358 g/mol. The minimum Gasteiger partial charge on any atom is -0.420 e. The van der Waals surface area contributed by atoms with Crippen molar-refractivity contribution in [3.8, 4) is 11.5 Å². The predicted octanol–water partition coefficient (Wildman–Crippen LogP) is 4.08. The summed E-state index contributed by atoms with van der Waals surface area (Å²) in [6, 6.07) is 15.4. The van der Waals surface area contributed by atoms with Crippen molar-refractivity contribution in [3.05, 3.63) is 71.7 Å². The molecule has 6 nitrogen and oxygen atoms in total. The third-order valence-electron chi connectivity index (χ3n) is 4.42. The third-order valence-corrected chi connectivity index (χ3v) is 4.42. The Morgan fingerprint density at radius 3 is 2.78 bits per heavy atom. The van der Waals surface area contributed by atoms with Gasteiger partial charge >= 0.3 is 0 Å². The molecule has 1 amide bonds. The summed E-state index contributed by atoms with van der Waals surface area (Å²) in [6.45, 7) is 4.04. The third kappa shape index (κ3) is 3.69. The van der Waals surface area contributed by atoms with E-state index in [2.05, 4.69) is 20.5 Å². The van der Waals surface area contributed by atoms with E-state index in [1.807, 2.05) is 62.4 Å². The van der Waals surface area contributed by atoms with Crippen LogP contribution < -0.4 is 5.32 Å². The van der Waals surface area contributed by atoms with Gasteiger partial charge in [0.05, 0.1) is 5.52 Å². The average Bonchev–Trinajstić information content (AvgIpc) is 3.12. The lowest BCUT2D eigenvalue weighted by atomic mass is 10.1. The second-order valence-electron chi connectivity index (χ2n) is 6.44. The van der Waals surface area contributed by atoms with Gasteiger partial charge in [-0.15, -0.1) is 10.2 Å². The van der Waals surface area contributed by atoms with Crippen molar-refractivity contribution in [2.45, 2.75) is 20.3 Å². The van der Waals surface area contributed by atoms with Crippen LogP contribution in [0.3, 0.4) is 0 Å². The van der Waals surface area contributed by atoms with E-state index in [0.717, 1.165) is 27.7 Å². The average molecular weight is 358 g/mol. The van der Waals surface area contributed by atoms with Crippen LogP contribution in [0.2, 0.25) is 0 Å². The molecule has 0 radical (unpaired) electrons. The van der Waals surface area contributed by atoms with E-state index in [0.29, 0.717) is 5.89 Å². The van der Waals surface area contributed by atoms with Crippen LogP contribution >= 0.6 is 0 Å². The fraction of sp³-hybridized carbons (Fsp3) is 0.143. The van der Waals surface area contributed by atoms with E-state index in [-0.39, 0.29) is 18.2 Å². The summed E-state index contributed by atoms with van der Waals surface area (Å²) in [5.41, 5.74) is 4.75. The van der Waals surface area contributed by atoms with Gasteiger partial charge < -0.3 is 9.73 Å². The number of aromatic nitrogens is 3. The van der Waals surface area contributed by atoms with Crippen LogP contribution in [0, 0.1) is 13.8 Å². The first-order chi connectivity index (χ1) is 13.1. The first kappa shape index (κ1) is 16.9. The van der Waals surface area contributed by atoms with Crippen LogP contribution in [0.1, 0.15) is 17.0 Å². The number of anilines is 1. The first-order valence-electron chi connectivity index (χ1n) is 8.63. The number of benzene rings is 2. The number of carbonyl (C=O) groups is 1. The highest BCUT2D eigenvalue weighted by Gasteiger charge is 2.13. The molecule has 0 bridgehead atoms. The summed E-state index contributed by atoms with van der Waals surface area (Å²) in [5, 5.41) is 11.9. The Labute approximate surface area is 156 Å². The summed E-state index contributed by atoms with van der Waals surface area (Å²) in [6.07, 6.45) is 1.77. The molecule has 0 saturated heterocycles. The molecule has 2 aromatic carbocycles. The van der Waals surface area contributed by atoms with E-state index in [9.17, 15) is 4.79 Å². The highest BCUT2D eigenvalue weighted by atomic mass is 16.4. The molecule has 0 aliphatic carbocycles. The molecule has 0 aliphatic heterocycles. The van der Waals surface area contributed by atoms with E-state index in [1.54, 1.807) is 6.20 Å². The summed E-state index contributed by atoms with van der Waals surface area (Å²) < 4.78 is 5.67. The van der Waals surface area contributed by atoms with E-state index >= 15 is 0 Å². The van der Waals surface area contributed by atoms with Gasteiger partial charge in [0.15, 0.2) is 0 Å². The van der Waals surface area contributed by atoms with Crippen molar-refractivity contribution >= 4 is 22.5 Å². The molecule has 0 saturated carbocycles. The molecule has 0 fully saturated rings. The van der Waals surface area contributed by atoms with Crippen LogP contribution in [0.4, 0.5) is 5.69 Å². The number of carbonyl (C=O) groups excluding carboxylic acids is 1. The molecule has 0 aliphatic rings. The lowest BCUT2D eigenvalue weighted by molar-refractivity contribution is -0.115. The molecular formula is C21H18N4O2. The highest BCUT2D eigenvalue weighted by molar-refractivity contribution is 5.91. The second kappa shape index (κ2) is 6.99. The highest BCUT2D eigenvalue weighted by Crippen LogP contribution is 2.22. The largest absolute Gasteiger partial charge is 0.420 e. The molecule has 0 atom stereocenters. The smallest absolute Gasteiger partial charge is 0.247 e. The summed E-state index contributed by atoms with van der Waals surface area (Å²) in [4.78, 5) is 16.5. The quantitative estimate of drug-likeness (QED) is 0.594. The fourth-order valence-electron chi connectivity index (χ4n) is 2.81. The first-order valence-corrected chi connectivity index (χ1v) is 8.63. The van der Waals surface area contributed by atoms with E-state index in [4.69, 9.17) is 4.42 Å². The SMILES string of the molecule is Cc1ccc(NC(=O)Cc2nnc(-c3ccc4ncccc4c3)o2)cc1C. The van der Waals surface area contributed by atoms with Crippen LogP contribution in [0.25, 0.3) is 22.4 Å². The molecular weight excluding hydrogens is 340 g/mol. The molecule has 0 spiro atoms. The minimum absolute atomic E-state index is 0.0229. The number of hydrogen-bond acceptors (Lipinski definition) is 5.